The number of rotatable bonds is 2. The van der Waals surface area contributed by atoms with Gasteiger partial charge in [0.1, 0.15) is 22.3 Å². The van der Waals surface area contributed by atoms with E-state index in [1.54, 1.807) is 24.5 Å². The topological polar surface area (TPSA) is 98.2 Å². The number of benzene rings is 6. The van der Waals surface area contributed by atoms with E-state index in [4.69, 9.17) is 8.83 Å². The maximum Gasteiger partial charge on any atom is 2.00 e. The fourth-order valence-electron chi connectivity index (χ4n) is 6.61. The molecule has 6 aromatic carbocycles. The van der Waals surface area contributed by atoms with E-state index in [1.807, 2.05) is 84.9 Å². The molecule has 0 N–H and O–H groups in total. The molecule has 0 spiro atoms. The van der Waals surface area contributed by atoms with E-state index < -0.39 is 0 Å². The van der Waals surface area contributed by atoms with Crippen LogP contribution in [0.2, 0.25) is 0 Å². The van der Waals surface area contributed by atoms with Gasteiger partial charge in [-0.2, -0.15) is 0 Å². The Balaban J connectivity index is 0.000000139. The number of nitrogens with zero attached hydrogens (tertiary/aromatic N) is 2. The molecule has 0 saturated heterocycles. The van der Waals surface area contributed by atoms with Gasteiger partial charge >= 0.3 is 19.5 Å². The van der Waals surface area contributed by atoms with E-state index >= 15 is 0 Å². The molecule has 0 fully saturated rings. The molecule has 4 heterocycles. The second-order valence-corrected chi connectivity index (χ2v) is 11.6. The Labute approximate surface area is 292 Å². The minimum Gasteiger partial charge on any atom is -0.872 e. The number of pyridine rings is 2. The van der Waals surface area contributed by atoms with Crippen LogP contribution in [-0.2, 0) is 19.5 Å². The van der Waals surface area contributed by atoms with Crippen molar-refractivity contribution in [1.29, 1.82) is 0 Å². The Kier molecular flexibility index (Phi) is 7.55. The van der Waals surface area contributed by atoms with Crippen molar-refractivity contribution in [3.8, 4) is 34.0 Å². The van der Waals surface area contributed by atoms with Crippen molar-refractivity contribution < 1.29 is 38.5 Å². The maximum atomic E-state index is 12.5. The fraction of sp³-hybridized carbons (Fsp3) is 0. The molecule has 10 aromatic rings. The van der Waals surface area contributed by atoms with Gasteiger partial charge in [0, 0.05) is 55.8 Å². The first kappa shape index (κ1) is 30.3. The molecule has 7 heteroatoms. The molecule has 0 bridgehead atoms. The first-order valence-electron chi connectivity index (χ1n) is 15.6. The van der Waals surface area contributed by atoms with Crippen molar-refractivity contribution in [2.45, 2.75) is 0 Å². The van der Waals surface area contributed by atoms with E-state index in [-0.39, 0.29) is 31.0 Å². The third-order valence-corrected chi connectivity index (χ3v) is 8.83. The quantitative estimate of drug-likeness (QED) is 0.168. The van der Waals surface area contributed by atoms with Crippen LogP contribution in [-0.4, -0.2) is 9.97 Å². The first-order valence-corrected chi connectivity index (χ1v) is 15.6. The maximum absolute atomic E-state index is 12.5. The van der Waals surface area contributed by atoms with Gasteiger partial charge in [-0.1, -0.05) is 109 Å². The summed E-state index contributed by atoms with van der Waals surface area (Å²) >= 11 is 0. The Morgan fingerprint density at radius 1 is 0.367 bits per heavy atom. The summed E-state index contributed by atoms with van der Waals surface area (Å²) in [5, 5.41) is 33.2. The monoisotopic (exact) mass is 684 g/mol. The van der Waals surface area contributed by atoms with Gasteiger partial charge in [0.25, 0.3) is 0 Å². The molecule has 6 nitrogen and oxygen atoms in total. The smallest absolute Gasteiger partial charge is 0.872 e. The number of hydrogen-bond acceptors (Lipinski definition) is 6. The van der Waals surface area contributed by atoms with Gasteiger partial charge < -0.3 is 19.0 Å². The predicted molar refractivity (Wildman–Crippen MR) is 188 cm³/mol. The Morgan fingerprint density at radius 3 is 1.18 bits per heavy atom. The minimum absolute atomic E-state index is 0. The fourth-order valence-corrected chi connectivity index (χ4v) is 6.61. The van der Waals surface area contributed by atoms with Gasteiger partial charge in [-0.3, -0.25) is 9.97 Å². The van der Waals surface area contributed by atoms with E-state index in [0.717, 1.165) is 54.3 Å². The largest absolute Gasteiger partial charge is 2.00 e. The van der Waals surface area contributed by atoms with Crippen LogP contribution in [0.3, 0.4) is 0 Å². The summed E-state index contributed by atoms with van der Waals surface area (Å²) in [6.07, 6.45) is 3.37. The van der Waals surface area contributed by atoms with Crippen LogP contribution in [0.25, 0.3) is 87.9 Å². The van der Waals surface area contributed by atoms with Crippen LogP contribution in [0.15, 0.2) is 155 Å². The molecular formula is C42H24N2O4Zn. The van der Waals surface area contributed by atoms with Gasteiger partial charge in [-0.15, -0.1) is 0 Å². The average molecular weight is 686 g/mol. The number of furan rings is 2. The van der Waals surface area contributed by atoms with Crippen LogP contribution in [0, 0.1) is 0 Å². The van der Waals surface area contributed by atoms with Crippen molar-refractivity contribution in [3.63, 3.8) is 0 Å². The molecule has 228 valence electrons. The van der Waals surface area contributed by atoms with Crippen molar-refractivity contribution >= 4 is 65.4 Å². The third kappa shape index (κ3) is 4.98. The zero-order valence-electron chi connectivity index (χ0n) is 26.1. The molecule has 10 rings (SSSR count). The van der Waals surface area contributed by atoms with E-state index in [0.29, 0.717) is 33.7 Å². The number of fused-ring (bicyclic) bond motifs is 10. The summed E-state index contributed by atoms with van der Waals surface area (Å²) in [4.78, 5) is 8.66. The average Bonchev–Trinajstić information content (AvgIpc) is 3.71. The van der Waals surface area contributed by atoms with Gasteiger partial charge in [0.05, 0.1) is 11.4 Å². The summed E-state index contributed by atoms with van der Waals surface area (Å²) in [5.41, 5.74) is 5.14. The standard InChI is InChI=1S/2C21H13NO2.Zn/c2*23-18-11-10-16-15-9-8-13-5-1-2-6-14(13)20(15)24-21(16)19(18)17-7-3-4-12-22-17;/h2*1-12,23H;/q;;+2/p-2. The second-order valence-electron chi connectivity index (χ2n) is 11.6. The van der Waals surface area contributed by atoms with Crippen LogP contribution >= 0.6 is 0 Å². The summed E-state index contributed by atoms with van der Waals surface area (Å²) in [6.45, 7) is 0. The molecule has 0 radical (unpaired) electrons. The van der Waals surface area contributed by atoms with E-state index in [2.05, 4.69) is 46.4 Å². The van der Waals surface area contributed by atoms with Gasteiger partial charge in [0.2, 0.25) is 0 Å². The molecule has 0 saturated carbocycles. The number of aromatic nitrogens is 2. The molecule has 0 amide bonds. The summed E-state index contributed by atoms with van der Waals surface area (Å²) < 4.78 is 12.4. The van der Waals surface area contributed by atoms with Crippen molar-refractivity contribution in [3.05, 3.63) is 146 Å². The van der Waals surface area contributed by atoms with Gasteiger partial charge in [0.15, 0.2) is 0 Å². The zero-order valence-corrected chi connectivity index (χ0v) is 29.1. The Morgan fingerprint density at radius 2 is 0.755 bits per heavy atom. The number of hydrogen-bond donors (Lipinski definition) is 0. The molecule has 0 aliphatic rings. The van der Waals surface area contributed by atoms with E-state index in [9.17, 15) is 10.2 Å². The summed E-state index contributed by atoms with van der Waals surface area (Å²) in [7, 11) is 0. The summed E-state index contributed by atoms with van der Waals surface area (Å²) in [6, 6.07) is 42.4. The second kappa shape index (κ2) is 12.2. The van der Waals surface area contributed by atoms with Gasteiger partial charge in [-0.25, -0.2) is 0 Å². The van der Waals surface area contributed by atoms with Crippen LogP contribution in [0.1, 0.15) is 0 Å². The molecule has 49 heavy (non-hydrogen) atoms. The first-order chi connectivity index (χ1) is 23.7. The zero-order chi connectivity index (χ0) is 32.2. The summed E-state index contributed by atoms with van der Waals surface area (Å²) in [5.74, 6) is -0.158. The molecule has 0 atom stereocenters. The van der Waals surface area contributed by atoms with Crippen LogP contribution < -0.4 is 10.2 Å². The predicted octanol–water partition coefficient (Wildman–Crippen LogP) is 9.75. The van der Waals surface area contributed by atoms with Crippen LogP contribution in [0.5, 0.6) is 11.5 Å². The minimum atomic E-state index is -0.0791. The van der Waals surface area contributed by atoms with Crippen molar-refractivity contribution in [1.82, 2.24) is 9.97 Å². The molecule has 4 aromatic heterocycles. The Hall–Kier alpha value is -6.04. The Bertz CT molecular complexity index is 2610. The molecular weight excluding hydrogens is 662 g/mol. The van der Waals surface area contributed by atoms with Crippen LogP contribution in [0.4, 0.5) is 0 Å². The molecule has 0 aliphatic carbocycles. The molecule has 0 aliphatic heterocycles. The van der Waals surface area contributed by atoms with Crippen molar-refractivity contribution in [2.75, 3.05) is 0 Å². The van der Waals surface area contributed by atoms with Gasteiger partial charge in [-0.05, 0) is 47.2 Å². The normalized spacial score (nSPS) is 11.3. The third-order valence-electron chi connectivity index (χ3n) is 8.83. The van der Waals surface area contributed by atoms with E-state index in [1.165, 1.54) is 0 Å². The SMILES string of the molecule is [O-]c1ccc2c(oc3c4ccccc4ccc23)c1-c1ccccn1.[O-]c1ccc2c(oc3c4ccccc4ccc23)c1-c1ccccn1.[Zn+2]. The molecule has 0 unspecified atom stereocenters. The van der Waals surface area contributed by atoms with Crippen molar-refractivity contribution in [2.24, 2.45) is 0 Å².